The van der Waals surface area contributed by atoms with Gasteiger partial charge in [-0.05, 0) is 30.7 Å². The summed E-state index contributed by atoms with van der Waals surface area (Å²) in [4.78, 5) is 12.4. The third-order valence-corrected chi connectivity index (χ3v) is 4.40. The fraction of sp³-hybridized carbons (Fsp3) is 0.190. The summed E-state index contributed by atoms with van der Waals surface area (Å²) in [5.74, 6) is 0.837. The predicted molar refractivity (Wildman–Crippen MR) is 99.3 cm³/mol. The van der Waals surface area contributed by atoms with Gasteiger partial charge in [-0.3, -0.25) is 4.79 Å². The van der Waals surface area contributed by atoms with Crippen LogP contribution in [0.15, 0.2) is 59.2 Å². The highest BCUT2D eigenvalue weighted by atomic mass is 16.6. The van der Waals surface area contributed by atoms with Crippen molar-refractivity contribution in [2.24, 2.45) is 0 Å². The second-order valence-corrected chi connectivity index (χ2v) is 6.33. The minimum absolute atomic E-state index is 0.181. The largest absolute Gasteiger partial charge is 0.486 e. The number of rotatable bonds is 4. The van der Waals surface area contributed by atoms with E-state index < -0.39 is 12.0 Å². The van der Waals surface area contributed by atoms with Gasteiger partial charge in [-0.2, -0.15) is 0 Å². The first-order chi connectivity index (χ1) is 13.1. The average molecular weight is 365 g/mol. The molecule has 1 amide bonds. The molecule has 0 unspecified atom stereocenters. The molecule has 27 heavy (non-hydrogen) atoms. The molecule has 0 fully saturated rings. The molecule has 6 nitrogen and oxygen atoms in total. The van der Waals surface area contributed by atoms with Gasteiger partial charge < -0.3 is 24.3 Å². The minimum atomic E-state index is -0.937. The van der Waals surface area contributed by atoms with Crippen molar-refractivity contribution in [1.29, 1.82) is 0 Å². The molecular formula is C21H19NO5. The molecule has 0 bridgehead atoms. The highest BCUT2D eigenvalue weighted by Gasteiger charge is 2.23. The molecule has 0 aliphatic carbocycles. The van der Waals surface area contributed by atoms with E-state index in [1.54, 1.807) is 24.3 Å². The third kappa shape index (κ3) is 3.52. The van der Waals surface area contributed by atoms with Crippen LogP contribution >= 0.6 is 0 Å². The quantitative estimate of drug-likeness (QED) is 0.737. The molecule has 0 saturated heterocycles. The van der Waals surface area contributed by atoms with Gasteiger partial charge in [0.05, 0.1) is 12.0 Å². The summed E-state index contributed by atoms with van der Waals surface area (Å²) in [5.41, 5.74) is 2.77. The molecule has 2 aromatic carbocycles. The standard InChI is InChI=1S/C21H19NO5/c1-13-4-6-14(7-5-13)20(23)15-11-18-19(27-10-9-26-18)12-16(15)22-21(24)17-3-2-8-25-17/h2-8,11-12,20,23H,9-10H2,1H3,(H,22,24)/t20-/m0/s1. The van der Waals surface area contributed by atoms with Gasteiger partial charge in [0.15, 0.2) is 17.3 Å². The van der Waals surface area contributed by atoms with E-state index in [2.05, 4.69) is 5.32 Å². The van der Waals surface area contributed by atoms with E-state index in [9.17, 15) is 9.90 Å². The monoisotopic (exact) mass is 365 g/mol. The Bertz CT molecular complexity index is 947. The zero-order chi connectivity index (χ0) is 18.8. The van der Waals surface area contributed by atoms with Crippen molar-refractivity contribution in [2.45, 2.75) is 13.0 Å². The lowest BCUT2D eigenvalue weighted by Crippen LogP contribution is -2.18. The lowest BCUT2D eigenvalue weighted by Gasteiger charge is -2.23. The van der Waals surface area contributed by atoms with Crippen molar-refractivity contribution in [3.8, 4) is 11.5 Å². The SMILES string of the molecule is Cc1ccc([C@H](O)c2cc3c(cc2NC(=O)c2ccco2)OCCO3)cc1. The van der Waals surface area contributed by atoms with Crippen LogP contribution in [-0.2, 0) is 0 Å². The van der Waals surface area contributed by atoms with E-state index in [0.29, 0.717) is 41.5 Å². The number of aryl methyl sites for hydroxylation is 1. The van der Waals surface area contributed by atoms with Crippen LogP contribution in [0.2, 0.25) is 0 Å². The molecule has 3 aromatic rings. The van der Waals surface area contributed by atoms with E-state index in [1.165, 1.54) is 6.26 Å². The summed E-state index contributed by atoms with van der Waals surface area (Å²) in [7, 11) is 0. The number of ether oxygens (including phenoxy) is 2. The summed E-state index contributed by atoms with van der Waals surface area (Å²) in [6, 6.07) is 14.2. The zero-order valence-electron chi connectivity index (χ0n) is 14.8. The van der Waals surface area contributed by atoms with Gasteiger partial charge in [-0.1, -0.05) is 29.8 Å². The van der Waals surface area contributed by atoms with Crippen LogP contribution in [0.4, 0.5) is 5.69 Å². The number of carbonyl (C=O) groups is 1. The zero-order valence-corrected chi connectivity index (χ0v) is 14.8. The molecule has 6 heteroatoms. The Morgan fingerprint density at radius 2 is 1.78 bits per heavy atom. The Labute approximate surface area is 156 Å². The first kappa shape index (κ1) is 17.2. The van der Waals surface area contributed by atoms with Crippen molar-refractivity contribution < 1.29 is 23.8 Å². The normalized spacial score (nSPS) is 13.9. The summed E-state index contributed by atoms with van der Waals surface area (Å²) < 4.78 is 16.4. The van der Waals surface area contributed by atoms with Crippen molar-refractivity contribution >= 4 is 11.6 Å². The Morgan fingerprint density at radius 3 is 2.44 bits per heavy atom. The maximum absolute atomic E-state index is 12.4. The van der Waals surface area contributed by atoms with Crippen LogP contribution in [0.3, 0.4) is 0 Å². The smallest absolute Gasteiger partial charge is 0.291 e. The van der Waals surface area contributed by atoms with E-state index in [1.807, 2.05) is 31.2 Å². The van der Waals surface area contributed by atoms with E-state index in [0.717, 1.165) is 5.56 Å². The second kappa shape index (κ2) is 7.17. The molecular weight excluding hydrogens is 346 g/mol. The Balaban J connectivity index is 1.73. The van der Waals surface area contributed by atoms with Crippen LogP contribution in [-0.4, -0.2) is 24.2 Å². The topological polar surface area (TPSA) is 80.9 Å². The van der Waals surface area contributed by atoms with Gasteiger partial charge in [0, 0.05) is 11.6 Å². The van der Waals surface area contributed by atoms with Crippen LogP contribution in [0.5, 0.6) is 11.5 Å². The van der Waals surface area contributed by atoms with Gasteiger partial charge in [-0.25, -0.2) is 0 Å². The molecule has 1 aromatic heterocycles. The van der Waals surface area contributed by atoms with E-state index in [4.69, 9.17) is 13.9 Å². The maximum Gasteiger partial charge on any atom is 0.291 e. The molecule has 1 aliphatic heterocycles. The molecule has 1 aliphatic rings. The molecule has 0 radical (unpaired) electrons. The number of aliphatic hydroxyl groups excluding tert-OH is 1. The number of nitrogens with one attached hydrogen (secondary N) is 1. The molecule has 0 spiro atoms. The number of furan rings is 1. The van der Waals surface area contributed by atoms with Gasteiger partial charge in [0.25, 0.3) is 5.91 Å². The fourth-order valence-corrected chi connectivity index (χ4v) is 2.96. The summed E-state index contributed by atoms with van der Waals surface area (Å²) in [6.07, 6.45) is 0.495. The van der Waals surface area contributed by atoms with Crippen molar-refractivity contribution in [2.75, 3.05) is 18.5 Å². The van der Waals surface area contributed by atoms with Crippen LogP contribution < -0.4 is 14.8 Å². The number of aliphatic hydroxyl groups is 1. The Morgan fingerprint density at radius 1 is 1.07 bits per heavy atom. The van der Waals surface area contributed by atoms with Gasteiger partial charge in [-0.15, -0.1) is 0 Å². The molecule has 0 saturated carbocycles. The van der Waals surface area contributed by atoms with E-state index in [-0.39, 0.29) is 5.76 Å². The predicted octanol–water partition coefficient (Wildman–Crippen LogP) is 3.69. The summed E-state index contributed by atoms with van der Waals surface area (Å²) in [6.45, 7) is 2.85. The summed E-state index contributed by atoms with van der Waals surface area (Å²) in [5, 5.41) is 13.7. The van der Waals surface area contributed by atoms with Crippen LogP contribution in [0.25, 0.3) is 0 Å². The van der Waals surface area contributed by atoms with Crippen LogP contribution in [0.1, 0.15) is 33.3 Å². The van der Waals surface area contributed by atoms with E-state index >= 15 is 0 Å². The fourth-order valence-electron chi connectivity index (χ4n) is 2.96. The first-order valence-electron chi connectivity index (χ1n) is 8.65. The Kier molecular flexibility index (Phi) is 4.56. The lowest BCUT2D eigenvalue weighted by molar-refractivity contribution is 0.0996. The molecule has 4 rings (SSSR count). The van der Waals surface area contributed by atoms with Crippen molar-refractivity contribution in [1.82, 2.24) is 0 Å². The van der Waals surface area contributed by atoms with Crippen LogP contribution in [0, 0.1) is 6.92 Å². The van der Waals surface area contributed by atoms with Gasteiger partial charge >= 0.3 is 0 Å². The Hall–Kier alpha value is -3.25. The molecule has 2 N–H and O–H groups in total. The van der Waals surface area contributed by atoms with Gasteiger partial charge in [0.1, 0.15) is 19.3 Å². The summed E-state index contributed by atoms with van der Waals surface area (Å²) >= 11 is 0. The lowest BCUT2D eigenvalue weighted by atomic mass is 9.98. The van der Waals surface area contributed by atoms with Crippen molar-refractivity contribution in [3.63, 3.8) is 0 Å². The number of fused-ring (bicyclic) bond motifs is 1. The van der Waals surface area contributed by atoms with Crippen molar-refractivity contribution in [3.05, 3.63) is 77.2 Å². The number of carbonyl (C=O) groups excluding carboxylic acids is 1. The molecule has 1 atom stereocenters. The molecule has 2 heterocycles. The number of anilines is 1. The number of benzene rings is 2. The number of hydrogen-bond acceptors (Lipinski definition) is 5. The first-order valence-corrected chi connectivity index (χ1v) is 8.65. The highest BCUT2D eigenvalue weighted by molar-refractivity contribution is 6.03. The third-order valence-electron chi connectivity index (χ3n) is 4.40. The maximum atomic E-state index is 12.4. The molecule has 138 valence electrons. The number of hydrogen-bond donors (Lipinski definition) is 2. The highest BCUT2D eigenvalue weighted by Crippen LogP contribution is 2.40. The number of amides is 1. The minimum Gasteiger partial charge on any atom is -0.486 e. The second-order valence-electron chi connectivity index (χ2n) is 6.33. The average Bonchev–Trinajstić information content (AvgIpc) is 3.22. The van der Waals surface area contributed by atoms with Gasteiger partial charge in [0.2, 0.25) is 0 Å².